The van der Waals surface area contributed by atoms with Crippen molar-refractivity contribution in [3.8, 4) is 0 Å². The lowest BCUT2D eigenvalue weighted by atomic mass is 9.82. The van der Waals surface area contributed by atoms with Gasteiger partial charge in [0.25, 0.3) is 0 Å². The molecule has 2 aromatic rings. The van der Waals surface area contributed by atoms with Crippen LogP contribution in [0.25, 0.3) is 10.9 Å². The summed E-state index contributed by atoms with van der Waals surface area (Å²) in [6, 6.07) is 10.8. The van der Waals surface area contributed by atoms with Crippen LogP contribution >= 0.6 is 0 Å². The van der Waals surface area contributed by atoms with E-state index in [1.54, 1.807) is 0 Å². The van der Waals surface area contributed by atoms with Crippen LogP contribution in [0.2, 0.25) is 0 Å². The molecule has 0 saturated carbocycles. The fraction of sp³-hybridized carbons (Fsp3) is 0.471. The van der Waals surface area contributed by atoms with Crippen LogP contribution in [0.15, 0.2) is 36.5 Å². The molecule has 1 N–H and O–H groups in total. The number of fused-ring (bicyclic) bond motifs is 1. The van der Waals surface area contributed by atoms with Crippen LogP contribution in [0, 0.1) is 0 Å². The van der Waals surface area contributed by atoms with E-state index in [4.69, 9.17) is 0 Å². The Balaban J connectivity index is 2.60. The lowest BCUT2D eigenvalue weighted by Crippen LogP contribution is -2.50. The van der Waals surface area contributed by atoms with Crippen LogP contribution in [0.4, 0.5) is 0 Å². The molecule has 0 fully saturated rings. The van der Waals surface area contributed by atoms with Crippen molar-refractivity contribution in [1.82, 2.24) is 15.2 Å². The minimum absolute atomic E-state index is 0.0422. The highest BCUT2D eigenvalue weighted by atomic mass is 15.2. The number of nitrogens with zero attached hydrogens (tertiary/aromatic N) is 2. The van der Waals surface area contributed by atoms with Crippen molar-refractivity contribution >= 4 is 10.9 Å². The summed E-state index contributed by atoms with van der Waals surface area (Å²) >= 11 is 0. The highest BCUT2D eigenvalue weighted by Gasteiger charge is 2.35. The monoisotopic (exact) mass is 271 g/mol. The van der Waals surface area contributed by atoms with Gasteiger partial charge in [-0.15, -0.1) is 0 Å². The average molecular weight is 271 g/mol. The molecule has 20 heavy (non-hydrogen) atoms. The zero-order valence-electron chi connectivity index (χ0n) is 13.1. The van der Waals surface area contributed by atoms with Crippen molar-refractivity contribution in [3.63, 3.8) is 0 Å². The summed E-state index contributed by atoms with van der Waals surface area (Å²) in [6.45, 7) is 4.54. The van der Waals surface area contributed by atoms with Gasteiger partial charge < -0.3 is 10.2 Å². The average Bonchev–Trinajstić information content (AvgIpc) is 2.47. The molecule has 3 heteroatoms. The van der Waals surface area contributed by atoms with Crippen LogP contribution < -0.4 is 5.32 Å². The molecule has 1 heterocycles. The minimum atomic E-state index is 0.0422. The van der Waals surface area contributed by atoms with Crippen molar-refractivity contribution in [3.05, 3.63) is 42.1 Å². The largest absolute Gasteiger partial charge is 0.311 e. The van der Waals surface area contributed by atoms with E-state index in [9.17, 15) is 0 Å². The van der Waals surface area contributed by atoms with E-state index in [2.05, 4.69) is 67.4 Å². The number of para-hydroxylation sites is 1. The van der Waals surface area contributed by atoms with Gasteiger partial charge in [-0.25, -0.2) is 0 Å². The Kier molecular flexibility index (Phi) is 4.41. The van der Waals surface area contributed by atoms with Gasteiger partial charge in [-0.2, -0.15) is 0 Å². The second-order valence-electron chi connectivity index (χ2n) is 5.75. The molecule has 0 amide bonds. The van der Waals surface area contributed by atoms with E-state index >= 15 is 0 Å². The summed E-state index contributed by atoms with van der Waals surface area (Å²) in [5.74, 6) is 0. The molecule has 0 spiro atoms. The van der Waals surface area contributed by atoms with Gasteiger partial charge in [0.05, 0.1) is 11.6 Å². The van der Waals surface area contributed by atoms with Gasteiger partial charge in [-0.05, 0) is 46.1 Å². The van der Waals surface area contributed by atoms with Crippen LogP contribution in [0.1, 0.15) is 31.9 Å². The quantitative estimate of drug-likeness (QED) is 0.905. The first-order valence-corrected chi connectivity index (χ1v) is 7.23. The van der Waals surface area contributed by atoms with E-state index in [0.717, 1.165) is 11.9 Å². The Morgan fingerprint density at radius 2 is 1.95 bits per heavy atom. The molecule has 2 unspecified atom stereocenters. The molecule has 0 aliphatic carbocycles. The third-order valence-corrected chi connectivity index (χ3v) is 4.62. The molecule has 0 aliphatic rings. The Labute approximate surface area is 122 Å². The molecule has 1 aromatic carbocycles. The Morgan fingerprint density at radius 1 is 1.25 bits per heavy atom. The van der Waals surface area contributed by atoms with Crippen molar-refractivity contribution in [2.45, 2.75) is 31.8 Å². The fourth-order valence-electron chi connectivity index (χ4n) is 2.94. The van der Waals surface area contributed by atoms with E-state index in [1.165, 1.54) is 10.9 Å². The van der Waals surface area contributed by atoms with Gasteiger partial charge >= 0.3 is 0 Å². The number of hydrogen-bond acceptors (Lipinski definition) is 3. The molecular formula is C17H25N3. The van der Waals surface area contributed by atoms with Gasteiger partial charge in [0.15, 0.2) is 0 Å². The van der Waals surface area contributed by atoms with E-state index < -0.39 is 0 Å². The molecule has 0 bridgehead atoms. The van der Waals surface area contributed by atoms with Gasteiger partial charge in [-0.1, -0.05) is 31.2 Å². The van der Waals surface area contributed by atoms with Crippen molar-refractivity contribution in [2.24, 2.45) is 0 Å². The van der Waals surface area contributed by atoms with E-state index in [1.807, 2.05) is 19.3 Å². The van der Waals surface area contributed by atoms with Crippen molar-refractivity contribution < 1.29 is 0 Å². The molecule has 3 nitrogen and oxygen atoms in total. The lowest BCUT2D eigenvalue weighted by molar-refractivity contribution is 0.117. The first-order valence-electron chi connectivity index (χ1n) is 7.23. The Bertz CT molecular complexity index is 574. The number of likely N-dealkylation sites (N-methyl/N-ethyl adjacent to an activating group) is 2. The first-order chi connectivity index (χ1) is 9.54. The highest BCUT2D eigenvalue weighted by Crippen LogP contribution is 2.35. The molecule has 0 saturated heterocycles. The maximum Gasteiger partial charge on any atom is 0.0750 e. The molecule has 1 aromatic heterocycles. The Morgan fingerprint density at radius 3 is 2.55 bits per heavy atom. The topological polar surface area (TPSA) is 28.2 Å². The molecule has 2 rings (SSSR count). The number of pyridine rings is 1. The van der Waals surface area contributed by atoms with E-state index in [0.29, 0.717) is 0 Å². The summed E-state index contributed by atoms with van der Waals surface area (Å²) < 4.78 is 0. The summed E-state index contributed by atoms with van der Waals surface area (Å²) in [6.07, 6.45) is 2.94. The predicted molar refractivity (Wildman–Crippen MR) is 85.9 cm³/mol. The van der Waals surface area contributed by atoms with Crippen LogP contribution in [0.3, 0.4) is 0 Å². The van der Waals surface area contributed by atoms with Crippen molar-refractivity contribution in [1.29, 1.82) is 0 Å². The van der Waals surface area contributed by atoms with E-state index in [-0.39, 0.29) is 11.6 Å². The van der Waals surface area contributed by atoms with Gasteiger partial charge in [0.1, 0.15) is 0 Å². The van der Waals surface area contributed by atoms with Gasteiger partial charge in [0.2, 0.25) is 0 Å². The van der Waals surface area contributed by atoms with Crippen molar-refractivity contribution in [2.75, 3.05) is 21.1 Å². The van der Waals surface area contributed by atoms with Crippen LogP contribution in [0.5, 0.6) is 0 Å². The number of rotatable bonds is 5. The minimum Gasteiger partial charge on any atom is -0.311 e. The first kappa shape index (κ1) is 14.9. The number of hydrogen-bond donors (Lipinski definition) is 1. The molecule has 0 radical (unpaired) electrons. The Hall–Kier alpha value is -1.45. The number of nitrogens with one attached hydrogen (secondary N) is 1. The summed E-state index contributed by atoms with van der Waals surface area (Å²) in [7, 11) is 6.32. The second kappa shape index (κ2) is 5.90. The maximum absolute atomic E-state index is 4.60. The standard InChI is InChI=1S/C17H25N3/c1-6-17(2,20(4)5)16(18-3)14-11-7-9-13-10-8-12-19-15(13)14/h7-12,16,18H,6H2,1-5H3. The maximum atomic E-state index is 4.60. The smallest absolute Gasteiger partial charge is 0.0750 e. The SMILES string of the molecule is CCC(C)(C(NC)c1cccc2cccnc12)N(C)C. The summed E-state index contributed by atoms with van der Waals surface area (Å²) in [5.41, 5.74) is 2.40. The zero-order chi connectivity index (χ0) is 14.8. The molecular weight excluding hydrogens is 246 g/mol. The molecule has 108 valence electrons. The lowest BCUT2D eigenvalue weighted by Gasteiger charge is -2.43. The van der Waals surface area contributed by atoms with Gasteiger partial charge in [-0.3, -0.25) is 4.98 Å². The zero-order valence-corrected chi connectivity index (χ0v) is 13.1. The van der Waals surface area contributed by atoms with Gasteiger partial charge in [0, 0.05) is 17.1 Å². The third-order valence-electron chi connectivity index (χ3n) is 4.62. The van der Waals surface area contributed by atoms with Crippen LogP contribution in [-0.4, -0.2) is 36.6 Å². The summed E-state index contributed by atoms with van der Waals surface area (Å²) in [4.78, 5) is 6.90. The van der Waals surface area contributed by atoms with Crippen LogP contribution in [-0.2, 0) is 0 Å². The third kappa shape index (κ3) is 2.43. The number of aromatic nitrogens is 1. The highest BCUT2D eigenvalue weighted by molar-refractivity contribution is 5.82. The number of benzene rings is 1. The molecule has 0 aliphatic heterocycles. The summed E-state index contributed by atoms with van der Waals surface area (Å²) in [5, 5.41) is 4.70. The molecule has 2 atom stereocenters. The predicted octanol–water partition coefficient (Wildman–Crippen LogP) is 3.23. The normalized spacial score (nSPS) is 16.3. The second-order valence-corrected chi connectivity index (χ2v) is 5.75. The fourth-order valence-corrected chi connectivity index (χ4v) is 2.94.